The van der Waals surface area contributed by atoms with Crippen molar-refractivity contribution in [2.24, 2.45) is 7.05 Å². The van der Waals surface area contributed by atoms with Gasteiger partial charge in [0.2, 0.25) is 0 Å². The molecule has 1 aromatic carbocycles. The monoisotopic (exact) mass is 448 g/mol. The molecule has 1 aliphatic heterocycles. The van der Waals surface area contributed by atoms with Gasteiger partial charge in [-0.3, -0.25) is 14.2 Å². The van der Waals surface area contributed by atoms with E-state index >= 15 is 0 Å². The minimum absolute atomic E-state index is 0.121. The molecule has 1 aromatic heterocycles. The smallest absolute Gasteiger partial charge is 0.305 e. The molecule has 2 heterocycles. The molecule has 1 N–H and O–H groups in total. The van der Waals surface area contributed by atoms with Crippen molar-refractivity contribution in [1.82, 2.24) is 14.2 Å². The van der Waals surface area contributed by atoms with Gasteiger partial charge in [0.1, 0.15) is 11.5 Å². The third-order valence-electron chi connectivity index (χ3n) is 4.12. The van der Waals surface area contributed by atoms with Crippen molar-refractivity contribution < 1.29 is 27.2 Å². The van der Waals surface area contributed by atoms with Crippen LogP contribution in [0.4, 0.5) is 28.0 Å². The SMILES string of the molecule is Cn1c(C(F)(F)F)cc(=O)n(-c2cc(NC(=O)N3CC=CCO3)c(Cl)cc2F)c1=O. The quantitative estimate of drug-likeness (QED) is 0.565. The minimum atomic E-state index is -4.97. The molecular weight excluding hydrogens is 436 g/mol. The summed E-state index contributed by atoms with van der Waals surface area (Å²) in [6.45, 7) is 0.267. The molecule has 0 bridgehead atoms. The number of halogens is 5. The topological polar surface area (TPSA) is 85.6 Å². The predicted octanol–water partition coefficient (Wildman–Crippen LogP) is 2.68. The van der Waals surface area contributed by atoms with E-state index in [0.717, 1.165) is 18.2 Å². The number of anilines is 1. The van der Waals surface area contributed by atoms with Gasteiger partial charge in [-0.15, -0.1) is 0 Å². The summed E-state index contributed by atoms with van der Waals surface area (Å²) in [6.07, 6.45) is -1.63. The highest BCUT2D eigenvalue weighted by molar-refractivity contribution is 6.33. The fraction of sp³-hybridized carbons (Fsp3) is 0.235. The zero-order chi connectivity index (χ0) is 22.2. The standard InChI is InChI=1S/C17H13ClF4N4O4/c1-24-13(17(20,21)22)8-14(27)26(16(24)29)12-7-11(9(18)6-10(12)19)23-15(28)25-4-2-3-5-30-25/h2-3,6-8H,4-5H2,1H3,(H,23,28). The summed E-state index contributed by atoms with van der Waals surface area (Å²) < 4.78 is 53.8. The molecule has 0 atom stereocenters. The van der Waals surface area contributed by atoms with E-state index in [1.54, 1.807) is 12.2 Å². The van der Waals surface area contributed by atoms with E-state index in [1.165, 1.54) is 0 Å². The maximum absolute atomic E-state index is 14.5. The Morgan fingerprint density at radius 2 is 1.90 bits per heavy atom. The number of benzene rings is 1. The second kappa shape index (κ2) is 7.95. The first-order valence-electron chi connectivity index (χ1n) is 8.27. The number of hydrogen-bond acceptors (Lipinski definition) is 4. The van der Waals surface area contributed by atoms with Gasteiger partial charge in [0, 0.05) is 13.1 Å². The average Bonchev–Trinajstić information content (AvgIpc) is 2.67. The fourth-order valence-electron chi connectivity index (χ4n) is 2.67. The molecule has 0 fully saturated rings. The third kappa shape index (κ3) is 4.09. The van der Waals surface area contributed by atoms with Crippen molar-refractivity contribution >= 4 is 23.3 Å². The molecular formula is C17H13ClF4N4O4. The molecule has 1 aliphatic rings. The third-order valence-corrected chi connectivity index (χ3v) is 4.43. The van der Waals surface area contributed by atoms with Crippen LogP contribution in [0.2, 0.25) is 5.02 Å². The molecule has 0 aliphatic carbocycles. The molecule has 2 amide bonds. The maximum atomic E-state index is 14.5. The zero-order valence-electron chi connectivity index (χ0n) is 15.2. The molecule has 0 spiro atoms. The first kappa shape index (κ1) is 21.6. The molecule has 0 radical (unpaired) electrons. The number of nitrogens with zero attached hydrogens (tertiary/aromatic N) is 3. The van der Waals surface area contributed by atoms with Crippen LogP contribution in [-0.4, -0.2) is 33.4 Å². The number of amides is 2. The molecule has 0 unspecified atom stereocenters. The van der Waals surface area contributed by atoms with Crippen LogP contribution in [0.5, 0.6) is 0 Å². The lowest BCUT2D eigenvalue weighted by Crippen LogP contribution is -2.41. The van der Waals surface area contributed by atoms with Crippen LogP contribution in [0, 0.1) is 5.82 Å². The summed E-state index contributed by atoms with van der Waals surface area (Å²) in [5.41, 5.74) is -5.21. The van der Waals surface area contributed by atoms with E-state index < -0.39 is 40.7 Å². The number of hydroxylamine groups is 2. The number of rotatable bonds is 2. The number of urea groups is 1. The van der Waals surface area contributed by atoms with Crippen LogP contribution >= 0.6 is 11.6 Å². The lowest BCUT2D eigenvalue weighted by Gasteiger charge is -2.23. The number of carbonyl (C=O) groups is 1. The summed E-state index contributed by atoms with van der Waals surface area (Å²) in [5, 5.41) is 3.01. The number of aromatic nitrogens is 2. The largest absolute Gasteiger partial charge is 0.431 e. The fourth-order valence-corrected chi connectivity index (χ4v) is 2.86. The Kier molecular flexibility index (Phi) is 5.72. The summed E-state index contributed by atoms with van der Waals surface area (Å²) in [5.74, 6) is -1.16. The number of hydrogen-bond donors (Lipinski definition) is 1. The highest BCUT2D eigenvalue weighted by Gasteiger charge is 2.35. The molecule has 30 heavy (non-hydrogen) atoms. The second-order valence-electron chi connectivity index (χ2n) is 6.08. The van der Waals surface area contributed by atoms with Crippen molar-refractivity contribution in [3.05, 3.63) is 67.7 Å². The Labute approximate surface area is 170 Å². The first-order chi connectivity index (χ1) is 14.0. The van der Waals surface area contributed by atoms with Crippen LogP contribution in [0.1, 0.15) is 5.69 Å². The van der Waals surface area contributed by atoms with E-state index in [1.807, 2.05) is 0 Å². The summed E-state index contributed by atoms with van der Waals surface area (Å²) in [6, 6.07) is 0.978. The Morgan fingerprint density at radius 1 is 1.20 bits per heavy atom. The minimum Gasteiger partial charge on any atom is -0.305 e. The first-order valence-corrected chi connectivity index (χ1v) is 8.64. The normalized spacial score (nSPS) is 14.1. The van der Waals surface area contributed by atoms with Crippen LogP contribution in [0.3, 0.4) is 0 Å². The molecule has 0 saturated carbocycles. The Balaban J connectivity index is 2.08. The van der Waals surface area contributed by atoms with Crippen LogP contribution in [-0.2, 0) is 18.1 Å². The van der Waals surface area contributed by atoms with Crippen molar-refractivity contribution in [1.29, 1.82) is 0 Å². The lowest BCUT2D eigenvalue weighted by molar-refractivity contribution is -0.144. The van der Waals surface area contributed by atoms with Gasteiger partial charge >= 0.3 is 17.9 Å². The van der Waals surface area contributed by atoms with Crippen molar-refractivity contribution in [3.63, 3.8) is 0 Å². The van der Waals surface area contributed by atoms with Gasteiger partial charge in [0.15, 0.2) is 0 Å². The van der Waals surface area contributed by atoms with Gasteiger partial charge in [-0.05, 0) is 12.1 Å². The van der Waals surface area contributed by atoms with Gasteiger partial charge in [0.25, 0.3) is 5.56 Å². The van der Waals surface area contributed by atoms with Crippen LogP contribution in [0.25, 0.3) is 5.69 Å². The number of carbonyl (C=O) groups excluding carboxylic acids is 1. The lowest BCUT2D eigenvalue weighted by atomic mass is 10.2. The van der Waals surface area contributed by atoms with E-state index in [-0.39, 0.29) is 39.1 Å². The molecule has 160 valence electrons. The van der Waals surface area contributed by atoms with Gasteiger partial charge < -0.3 is 5.32 Å². The van der Waals surface area contributed by atoms with Crippen molar-refractivity contribution in [3.8, 4) is 5.69 Å². The van der Waals surface area contributed by atoms with E-state index in [4.69, 9.17) is 16.4 Å². The second-order valence-corrected chi connectivity index (χ2v) is 6.49. The van der Waals surface area contributed by atoms with Crippen LogP contribution < -0.4 is 16.6 Å². The average molecular weight is 449 g/mol. The molecule has 2 aromatic rings. The summed E-state index contributed by atoms with van der Waals surface area (Å²) in [4.78, 5) is 41.9. The summed E-state index contributed by atoms with van der Waals surface area (Å²) >= 11 is 5.92. The Hall–Kier alpha value is -3.12. The van der Waals surface area contributed by atoms with Crippen molar-refractivity contribution in [2.45, 2.75) is 6.18 Å². The Bertz CT molecular complexity index is 1160. The highest BCUT2D eigenvalue weighted by Crippen LogP contribution is 2.29. The van der Waals surface area contributed by atoms with Gasteiger partial charge in [0.05, 0.1) is 29.5 Å². The predicted molar refractivity (Wildman–Crippen MR) is 98.1 cm³/mol. The van der Waals surface area contributed by atoms with E-state index in [9.17, 15) is 31.9 Å². The van der Waals surface area contributed by atoms with E-state index in [0.29, 0.717) is 6.07 Å². The number of alkyl halides is 3. The zero-order valence-corrected chi connectivity index (χ0v) is 15.9. The molecule has 0 saturated heterocycles. The summed E-state index contributed by atoms with van der Waals surface area (Å²) in [7, 11) is 0.790. The highest BCUT2D eigenvalue weighted by atomic mass is 35.5. The Morgan fingerprint density at radius 3 is 2.50 bits per heavy atom. The van der Waals surface area contributed by atoms with Crippen LogP contribution in [0.15, 0.2) is 39.9 Å². The molecule has 3 rings (SSSR count). The maximum Gasteiger partial charge on any atom is 0.431 e. The van der Waals surface area contributed by atoms with E-state index in [2.05, 4.69) is 5.32 Å². The molecule has 8 nitrogen and oxygen atoms in total. The van der Waals surface area contributed by atoms with Gasteiger partial charge in [-0.2, -0.15) is 18.2 Å². The van der Waals surface area contributed by atoms with Crippen molar-refractivity contribution in [2.75, 3.05) is 18.5 Å². The molecule has 13 heteroatoms. The number of nitrogens with one attached hydrogen (secondary N) is 1. The van der Waals surface area contributed by atoms with Gasteiger partial charge in [-0.1, -0.05) is 23.8 Å². The van der Waals surface area contributed by atoms with Gasteiger partial charge in [-0.25, -0.2) is 18.5 Å².